The van der Waals surface area contributed by atoms with Crippen LogP contribution in [0.4, 0.5) is 4.79 Å². The van der Waals surface area contributed by atoms with Crippen LogP contribution >= 0.6 is 0 Å². The second kappa shape index (κ2) is 9.07. The summed E-state index contributed by atoms with van der Waals surface area (Å²) in [5.74, 6) is 1.90. The molecule has 1 atom stereocenters. The highest BCUT2D eigenvalue weighted by Crippen LogP contribution is 2.44. The van der Waals surface area contributed by atoms with Crippen LogP contribution in [0.15, 0.2) is 48.5 Å². The molecule has 0 aliphatic heterocycles. The Morgan fingerprint density at radius 1 is 1.11 bits per heavy atom. The van der Waals surface area contributed by atoms with Crippen LogP contribution in [0.25, 0.3) is 11.1 Å². The molecule has 4 N–H and O–H groups in total. The number of hydrogen-bond acceptors (Lipinski definition) is 4. The minimum atomic E-state index is -0.783. The minimum Gasteiger partial charge on any atom is -0.449 e. The number of hydrogen-bond donors (Lipinski definition) is 3. The van der Waals surface area contributed by atoms with E-state index in [4.69, 9.17) is 16.9 Å². The average molecular weight is 377 g/mol. The summed E-state index contributed by atoms with van der Waals surface area (Å²) in [4.78, 5) is 24.4. The van der Waals surface area contributed by atoms with E-state index in [0.29, 0.717) is 6.42 Å². The van der Waals surface area contributed by atoms with Crippen LogP contribution in [0.3, 0.4) is 0 Å². The van der Waals surface area contributed by atoms with Gasteiger partial charge < -0.3 is 21.1 Å². The van der Waals surface area contributed by atoms with Crippen LogP contribution in [-0.4, -0.2) is 37.7 Å². The summed E-state index contributed by atoms with van der Waals surface area (Å²) in [6.07, 6.45) is 4.78. The van der Waals surface area contributed by atoms with E-state index < -0.39 is 12.1 Å². The smallest absolute Gasteiger partial charge is 0.407 e. The second-order valence-electron chi connectivity index (χ2n) is 6.52. The summed E-state index contributed by atoms with van der Waals surface area (Å²) in [6, 6.07) is 15.4. The fourth-order valence-electron chi connectivity index (χ4n) is 3.48. The Kier molecular flexibility index (Phi) is 6.30. The molecule has 0 aromatic heterocycles. The molecule has 0 bridgehead atoms. The van der Waals surface area contributed by atoms with Gasteiger partial charge in [0, 0.05) is 5.92 Å². The number of benzene rings is 2. The molecule has 0 saturated carbocycles. The highest BCUT2D eigenvalue weighted by atomic mass is 16.5. The predicted molar refractivity (Wildman–Crippen MR) is 108 cm³/mol. The standard InChI is InChI=1S/C22H23N3O3/c1-2-13-24-21(26)20(11-12-23)25-22(27)28-14-19-17-9-5-3-7-15(17)16-8-4-6-10-18(16)19/h1,3-10,19-20H,11-14,23H2,(H,24,26)(H,25,27)/t20-/m0/s1. The number of fused-ring (bicyclic) bond motifs is 3. The van der Waals surface area contributed by atoms with Crippen molar-refractivity contribution >= 4 is 12.0 Å². The van der Waals surface area contributed by atoms with Crippen molar-refractivity contribution in [3.05, 3.63) is 59.7 Å². The first-order valence-electron chi connectivity index (χ1n) is 9.18. The number of alkyl carbamates (subject to hydrolysis) is 1. The quantitative estimate of drug-likeness (QED) is 0.644. The second-order valence-corrected chi connectivity index (χ2v) is 6.52. The largest absolute Gasteiger partial charge is 0.449 e. The molecule has 1 aliphatic rings. The number of amides is 2. The molecule has 0 spiro atoms. The van der Waals surface area contributed by atoms with Gasteiger partial charge in [-0.2, -0.15) is 0 Å². The summed E-state index contributed by atoms with van der Waals surface area (Å²) in [6.45, 7) is 0.519. The SMILES string of the molecule is C#CCNC(=O)[C@H](CCN)NC(=O)OCC1c2ccccc2-c2ccccc21. The molecule has 6 heteroatoms. The number of terminal acetylenes is 1. The highest BCUT2D eigenvalue weighted by molar-refractivity contribution is 5.86. The molecule has 0 fully saturated rings. The van der Waals surface area contributed by atoms with Gasteiger partial charge in [-0.25, -0.2) is 4.79 Å². The number of carbonyl (C=O) groups excluding carboxylic acids is 2. The van der Waals surface area contributed by atoms with Gasteiger partial charge in [-0.15, -0.1) is 6.42 Å². The van der Waals surface area contributed by atoms with Crippen molar-refractivity contribution in [3.63, 3.8) is 0 Å². The maximum Gasteiger partial charge on any atom is 0.407 e. The van der Waals surface area contributed by atoms with E-state index in [9.17, 15) is 9.59 Å². The molecule has 6 nitrogen and oxygen atoms in total. The van der Waals surface area contributed by atoms with E-state index in [1.807, 2.05) is 36.4 Å². The Morgan fingerprint density at radius 2 is 1.71 bits per heavy atom. The Labute approximate surface area is 164 Å². The van der Waals surface area contributed by atoms with Gasteiger partial charge in [0.1, 0.15) is 12.6 Å². The topological polar surface area (TPSA) is 93.5 Å². The van der Waals surface area contributed by atoms with E-state index in [1.54, 1.807) is 0 Å². The van der Waals surface area contributed by atoms with Crippen molar-refractivity contribution in [1.29, 1.82) is 0 Å². The third-order valence-electron chi connectivity index (χ3n) is 4.77. The van der Waals surface area contributed by atoms with Crippen molar-refractivity contribution in [2.45, 2.75) is 18.4 Å². The zero-order valence-corrected chi connectivity index (χ0v) is 15.5. The first kappa shape index (κ1) is 19.5. The molecule has 28 heavy (non-hydrogen) atoms. The molecular weight excluding hydrogens is 354 g/mol. The third-order valence-corrected chi connectivity index (χ3v) is 4.77. The number of carbonyl (C=O) groups is 2. The third kappa shape index (κ3) is 4.16. The highest BCUT2D eigenvalue weighted by Gasteiger charge is 2.29. The summed E-state index contributed by atoms with van der Waals surface area (Å²) in [5, 5.41) is 5.12. The van der Waals surface area contributed by atoms with Crippen molar-refractivity contribution < 1.29 is 14.3 Å². The molecule has 0 unspecified atom stereocenters. The molecule has 2 amide bonds. The molecule has 144 valence electrons. The van der Waals surface area contributed by atoms with Crippen molar-refractivity contribution in [3.8, 4) is 23.5 Å². The minimum absolute atomic E-state index is 0.0404. The van der Waals surface area contributed by atoms with Gasteiger partial charge in [0.05, 0.1) is 6.54 Å². The predicted octanol–water partition coefficient (Wildman–Crippen LogP) is 1.99. The molecule has 0 heterocycles. The van der Waals surface area contributed by atoms with Crippen LogP contribution in [0.1, 0.15) is 23.5 Å². The molecular formula is C22H23N3O3. The Hall–Kier alpha value is -3.30. The number of rotatable bonds is 7. The first-order valence-corrected chi connectivity index (χ1v) is 9.18. The molecule has 3 rings (SSSR count). The lowest BCUT2D eigenvalue weighted by Crippen LogP contribution is -2.48. The lowest BCUT2D eigenvalue weighted by atomic mass is 9.98. The zero-order valence-electron chi connectivity index (χ0n) is 15.5. The van der Waals surface area contributed by atoms with Crippen molar-refractivity contribution in [2.75, 3.05) is 19.7 Å². The Balaban J connectivity index is 1.66. The van der Waals surface area contributed by atoms with Crippen LogP contribution in [-0.2, 0) is 9.53 Å². The first-order chi connectivity index (χ1) is 13.7. The summed E-state index contributed by atoms with van der Waals surface area (Å²) >= 11 is 0. The Bertz CT molecular complexity index is 858. The number of nitrogens with one attached hydrogen (secondary N) is 2. The molecule has 0 radical (unpaired) electrons. The van der Waals surface area contributed by atoms with E-state index in [2.05, 4.69) is 28.7 Å². The zero-order chi connectivity index (χ0) is 19.9. The van der Waals surface area contributed by atoms with Gasteiger partial charge in [-0.05, 0) is 35.2 Å². The number of ether oxygens (including phenoxy) is 1. The van der Waals surface area contributed by atoms with Crippen molar-refractivity contribution in [2.24, 2.45) is 5.73 Å². The molecule has 0 saturated heterocycles. The monoisotopic (exact) mass is 377 g/mol. The Morgan fingerprint density at radius 3 is 2.29 bits per heavy atom. The van der Waals surface area contributed by atoms with Crippen LogP contribution < -0.4 is 16.4 Å². The van der Waals surface area contributed by atoms with Crippen LogP contribution in [0.5, 0.6) is 0 Å². The lowest BCUT2D eigenvalue weighted by Gasteiger charge is -2.19. The van der Waals surface area contributed by atoms with Gasteiger partial charge in [-0.1, -0.05) is 54.5 Å². The van der Waals surface area contributed by atoms with E-state index in [0.717, 1.165) is 22.3 Å². The van der Waals surface area contributed by atoms with Crippen LogP contribution in [0, 0.1) is 12.3 Å². The van der Waals surface area contributed by atoms with Gasteiger partial charge in [0.15, 0.2) is 0 Å². The van der Waals surface area contributed by atoms with Gasteiger partial charge in [-0.3, -0.25) is 4.79 Å². The van der Waals surface area contributed by atoms with Gasteiger partial charge >= 0.3 is 6.09 Å². The van der Waals surface area contributed by atoms with Gasteiger partial charge in [0.25, 0.3) is 0 Å². The normalized spacial score (nSPS) is 13.0. The summed E-state index contributed by atoms with van der Waals surface area (Å²) < 4.78 is 5.46. The maximum absolute atomic E-state index is 12.3. The maximum atomic E-state index is 12.3. The van der Waals surface area contributed by atoms with E-state index in [1.165, 1.54) is 0 Å². The van der Waals surface area contributed by atoms with E-state index >= 15 is 0 Å². The van der Waals surface area contributed by atoms with Crippen molar-refractivity contribution in [1.82, 2.24) is 10.6 Å². The summed E-state index contributed by atoms with van der Waals surface area (Å²) in [7, 11) is 0. The number of nitrogens with two attached hydrogens (primary N) is 1. The fraction of sp³-hybridized carbons (Fsp3) is 0.273. The van der Waals surface area contributed by atoms with Crippen LogP contribution in [0.2, 0.25) is 0 Å². The molecule has 2 aromatic rings. The molecule has 1 aliphatic carbocycles. The molecule has 2 aromatic carbocycles. The van der Waals surface area contributed by atoms with Gasteiger partial charge in [0.2, 0.25) is 5.91 Å². The average Bonchev–Trinajstić information content (AvgIpc) is 3.04. The van der Waals surface area contributed by atoms with E-state index in [-0.39, 0.29) is 31.5 Å². The fourth-order valence-corrected chi connectivity index (χ4v) is 3.48. The summed E-state index contributed by atoms with van der Waals surface area (Å²) in [5.41, 5.74) is 10.1. The lowest BCUT2D eigenvalue weighted by molar-refractivity contribution is -0.122.